The van der Waals surface area contributed by atoms with Crippen LogP contribution in [0.4, 0.5) is 0 Å². The fourth-order valence-corrected chi connectivity index (χ4v) is 3.83. The lowest BCUT2D eigenvalue weighted by Crippen LogP contribution is -2.40. The molecule has 0 saturated heterocycles. The van der Waals surface area contributed by atoms with Crippen molar-refractivity contribution >= 4 is 17.2 Å². The fraction of sp³-hybridized carbons (Fsp3) is 0.556. The summed E-state index contributed by atoms with van der Waals surface area (Å²) < 4.78 is 2.21. The van der Waals surface area contributed by atoms with E-state index in [0.717, 1.165) is 30.3 Å². The third-order valence-electron chi connectivity index (χ3n) is 4.75. The summed E-state index contributed by atoms with van der Waals surface area (Å²) in [5.41, 5.74) is 0. The second-order valence-electron chi connectivity index (χ2n) is 6.93. The highest BCUT2D eigenvalue weighted by Crippen LogP contribution is 2.19. The van der Waals surface area contributed by atoms with E-state index in [9.17, 15) is 4.79 Å². The molecule has 6 heteroatoms. The van der Waals surface area contributed by atoms with Crippen molar-refractivity contribution in [2.75, 3.05) is 20.1 Å². The molecule has 1 amide bonds. The van der Waals surface area contributed by atoms with Gasteiger partial charge in [0.15, 0.2) is 0 Å². The lowest BCUT2D eigenvalue weighted by atomic mass is 10.1. The maximum atomic E-state index is 12.8. The lowest BCUT2D eigenvalue weighted by molar-refractivity contribution is -0.131. The molecule has 1 aliphatic rings. The predicted molar refractivity (Wildman–Crippen MR) is 96.9 cm³/mol. The fourth-order valence-electron chi connectivity index (χ4n) is 3.14. The number of hydrogen-bond acceptors (Lipinski definition) is 4. The Bertz CT molecular complexity index is 664. The van der Waals surface area contributed by atoms with Gasteiger partial charge in [-0.05, 0) is 32.3 Å². The molecule has 0 spiro atoms. The molecule has 0 N–H and O–H groups in total. The maximum Gasteiger partial charge on any atom is 0.228 e. The van der Waals surface area contributed by atoms with E-state index >= 15 is 0 Å². The molecule has 0 fully saturated rings. The van der Waals surface area contributed by atoms with Crippen LogP contribution in [-0.4, -0.2) is 51.4 Å². The quantitative estimate of drug-likeness (QED) is 0.835. The molecular formula is C18H26N4OS. The molecule has 3 rings (SSSR count). The summed E-state index contributed by atoms with van der Waals surface area (Å²) in [6.45, 7) is 7.73. The van der Waals surface area contributed by atoms with Gasteiger partial charge in [-0.15, -0.1) is 11.3 Å². The van der Waals surface area contributed by atoms with Crippen molar-refractivity contribution in [2.24, 2.45) is 5.92 Å². The second-order valence-corrected chi connectivity index (χ2v) is 7.96. The van der Waals surface area contributed by atoms with Crippen molar-refractivity contribution in [3.63, 3.8) is 0 Å². The molecule has 0 aromatic carbocycles. The highest BCUT2D eigenvalue weighted by atomic mass is 32.1. The zero-order valence-electron chi connectivity index (χ0n) is 14.7. The van der Waals surface area contributed by atoms with E-state index in [2.05, 4.69) is 35.3 Å². The Morgan fingerprint density at radius 3 is 3.00 bits per heavy atom. The van der Waals surface area contributed by atoms with Crippen molar-refractivity contribution in [1.82, 2.24) is 19.4 Å². The highest BCUT2D eigenvalue weighted by Gasteiger charge is 2.26. The van der Waals surface area contributed by atoms with Gasteiger partial charge in [-0.1, -0.05) is 6.07 Å². The molecule has 2 aromatic heterocycles. The number of imidazole rings is 1. The molecule has 3 heterocycles. The predicted octanol–water partition coefficient (Wildman–Crippen LogP) is 2.49. The van der Waals surface area contributed by atoms with Crippen LogP contribution in [0.2, 0.25) is 0 Å². The molecule has 5 nitrogen and oxygen atoms in total. The molecule has 24 heavy (non-hydrogen) atoms. The lowest BCUT2D eigenvalue weighted by Gasteiger charge is -2.29. The average Bonchev–Trinajstić information content (AvgIpc) is 3.16. The van der Waals surface area contributed by atoms with E-state index in [-0.39, 0.29) is 5.91 Å². The van der Waals surface area contributed by atoms with Crippen LogP contribution in [0, 0.1) is 5.92 Å². The zero-order chi connectivity index (χ0) is 17.1. The Labute approximate surface area is 147 Å². The molecule has 0 unspecified atom stereocenters. The highest BCUT2D eigenvalue weighted by molar-refractivity contribution is 7.10. The van der Waals surface area contributed by atoms with E-state index in [0.29, 0.717) is 24.9 Å². The van der Waals surface area contributed by atoms with Crippen LogP contribution in [-0.2, 0) is 24.3 Å². The molecule has 1 aliphatic heterocycles. The standard InChI is InChI=1S/C18H26N4OS/c1-14(2)20(3)10-15-11-21-7-6-19-17(21)13-22(12-15)18(23)9-16-5-4-8-24-16/h4-8,14-15H,9-13H2,1-3H3/t15-/m1/s1. The summed E-state index contributed by atoms with van der Waals surface area (Å²) in [4.78, 5) is 22.7. The monoisotopic (exact) mass is 346 g/mol. The van der Waals surface area contributed by atoms with Gasteiger partial charge in [-0.3, -0.25) is 4.79 Å². The molecular weight excluding hydrogens is 320 g/mol. The van der Waals surface area contributed by atoms with Crippen LogP contribution in [0.3, 0.4) is 0 Å². The number of amides is 1. The summed E-state index contributed by atoms with van der Waals surface area (Å²) in [7, 11) is 2.15. The molecule has 0 saturated carbocycles. The number of aromatic nitrogens is 2. The van der Waals surface area contributed by atoms with Crippen molar-refractivity contribution < 1.29 is 4.79 Å². The van der Waals surface area contributed by atoms with Crippen LogP contribution in [0.5, 0.6) is 0 Å². The summed E-state index contributed by atoms with van der Waals surface area (Å²) in [5.74, 6) is 1.61. The second kappa shape index (κ2) is 7.49. The minimum absolute atomic E-state index is 0.200. The molecule has 130 valence electrons. The summed E-state index contributed by atoms with van der Waals surface area (Å²) >= 11 is 1.65. The number of rotatable bonds is 5. The number of carbonyl (C=O) groups is 1. The van der Waals surface area contributed by atoms with Gasteiger partial charge in [0, 0.05) is 48.9 Å². The average molecular weight is 347 g/mol. The Morgan fingerprint density at radius 2 is 2.29 bits per heavy atom. The van der Waals surface area contributed by atoms with Gasteiger partial charge in [0.2, 0.25) is 5.91 Å². The minimum atomic E-state index is 0.200. The van der Waals surface area contributed by atoms with Crippen molar-refractivity contribution in [1.29, 1.82) is 0 Å². The van der Waals surface area contributed by atoms with E-state index in [1.807, 2.05) is 34.8 Å². The zero-order valence-corrected chi connectivity index (χ0v) is 15.5. The molecule has 0 aliphatic carbocycles. The summed E-state index contributed by atoms with van der Waals surface area (Å²) in [5, 5.41) is 2.03. The van der Waals surface area contributed by atoms with Gasteiger partial charge >= 0.3 is 0 Å². The van der Waals surface area contributed by atoms with E-state index in [1.54, 1.807) is 11.3 Å². The number of thiophene rings is 1. The SMILES string of the molecule is CC(C)N(C)C[C@H]1CN(C(=O)Cc2cccs2)Cc2nccn2C1. The topological polar surface area (TPSA) is 41.4 Å². The normalized spacial score (nSPS) is 18.0. The maximum absolute atomic E-state index is 12.8. The number of nitrogens with zero attached hydrogens (tertiary/aromatic N) is 4. The van der Waals surface area contributed by atoms with Crippen LogP contribution >= 0.6 is 11.3 Å². The van der Waals surface area contributed by atoms with Gasteiger partial charge in [0.05, 0.1) is 13.0 Å². The van der Waals surface area contributed by atoms with Crippen LogP contribution in [0.25, 0.3) is 0 Å². The Hall–Kier alpha value is -1.66. The van der Waals surface area contributed by atoms with Gasteiger partial charge in [0.25, 0.3) is 0 Å². The Balaban J connectivity index is 1.74. The van der Waals surface area contributed by atoms with Crippen LogP contribution in [0.15, 0.2) is 29.9 Å². The van der Waals surface area contributed by atoms with Gasteiger partial charge < -0.3 is 14.4 Å². The Kier molecular flexibility index (Phi) is 5.36. The molecule has 0 radical (unpaired) electrons. The molecule has 0 bridgehead atoms. The van der Waals surface area contributed by atoms with Gasteiger partial charge in [-0.2, -0.15) is 0 Å². The van der Waals surface area contributed by atoms with Crippen LogP contribution < -0.4 is 0 Å². The molecule has 2 aromatic rings. The van der Waals surface area contributed by atoms with Gasteiger partial charge in [0.1, 0.15) is 5.82 Å². The number of carbonyl (C=O) groups excluding carboxylic acids is 1. The first kappa shape index (κ1) is 17.2. The van der Waals surface area contributed by atoms with Crippen molar-refractivity contribution in [3.8, 4) is 0 Å². The van der Waals surface area contributed by atoms with E-state index in [1.165, 1.54) is 0 Å². The first-order chi connectivity index (χ1) is 11.5. The summed E-state index contributed by atoms with van der Waals surface area (Å²) in [6.07, 6.45) is 4.36. The van der Waals surface area contributed by atoms with Gasteiger partial charge in [-0.25, -0.2) is 4.98 Å². The largest absolute Gasteiger partial charge is 0.335 e. The van der Waals surface area contributed by atoms with Crippen LogP contribution in [0.1, 0.15) is 24.5 Å². The third-order valence-corrected chi connectivity index (χ3v) is 5.63. The summed E-state index contributed by atoms with van der Waals surface area (Å²) in [6, 6.07) is 4.54. The first-order valence-corrected chi connectivity index (χ1v) is 9.41. The number of hydrogen-bond donors (Lipinski definition) is 0. The molecule has 1 atom stereocenters. The third kappa shape index (κ3) is 4.05. The minimum Gasteiger partial charge on any atom is -0.335 e. The van der Waals surface area contributed by atoms with E-state index < -0.39 is 0 Å². The van der Waals surface area contributed by atoms with Crippen molar-refractivity contribution in [3.05, 3.63) is 40.6 Å². The number of fused-ring (bicyclic) bond motifs is 1. The van der Waals surface area contributed by atoms with Crippen molar-refractivity contribution in [2.45, 2.75) is 39.4 Å². The van der Waals surface area contributed by atoms with E-state index in [4.69, 9.17) is 0 Å². The smallest absolute Gasteiger partial charge is 0.228 e. The Morgan fingerprint density at radius 1 is 1.46 bits per heavy atom. The first-order valence-electron chi connectivity index (χ1n) is 8.53.